The lowest BCUT2D eigenvalue weighted by atomic mass is 10.1. The summed E-state index contributed by atoms with van der Waals surface area (Å²) in [6.07, 6.45) is 1.08. The van der Waals surface area contributed by atoms with Crippen molar-refractivity contribution in [2.24, 2.45) is 0 Å². The van der Waals surface area contributed by atoms with Crippen molar-refractivity contribution < 1.29 is 18.3 Å². The summed E-state index contributed by atoms with van der Waals surface area (Å²) in [5.74, 6) is -0.606. The molecule has 1 aliphatic heterocycles. The maximum absolute atomic E-state index is 15.5. The Morgan fingerprint density at radius 2 is 1.93 bits per heavy atom. The molecule has 0 saturated carbocycles. The zero-order valence-corrected chi connectivity index (χ0v) is 24.4. The lowest BCUT2D eigenvalue weighted by molar-refractivity contribution is 0.282. The van der Waals surface area contributed by atoms with Crippen molar-refractivity contribution in [3.05, 3.63) is 100 Å². The van der Waals surface area contributed by atoms with Gasteiger partial charge < -0.3 is 30.1 Å². The second-order valence-electron chi connectivity index (χ2n) is 10.2. The number of aliphatic hydroxyl groups is 1. The standard InChI is InChI=1S/C31H32FN7O3S/c1-21-6-7-22(19-40)14-29(21)39(18-24-5-3-2-4-23(24)16-33)30-27(32)17-35-31(37-30)36-26-8-9-28(25(15-26)20-43(41)42)38-12-10-34-11-13-38/h2-9,14-15,17,34,40H,10-13,18-20H2,1H3,(H,41,42)(H,35,36,37). The van der Waals surface area contributed by atoms with E-state index in [9.17, 15) is 19.1 Å². The summed E-state index contributed by atoms with van der Waals surface area (Å²) in [6.45, 7) is 5.03. The molecule has 0 aliphatic carbocycles. The van der Waals surface area contributed by atoms with Crippen molar-refractivity contribution in [2.45, 2.75) is 25.8 Å². The predicted octanol–water partition coefficient (Wildman–Crippen LogP) is 4.50. The van der Waals surface area contributed by atoms with Crippen molar-refractivity contribution in [1.82, 2.24) is 15.3 Å². The molecular weight excluding hydrogens is 569 g/mol. The maximum Gasteiger partial charge on any atom is 0.229 e. The Labute approximate surface area is 252 Å². The third kappa shape index (κ3) is 7.15. The number of aromatic nitrogens is 2. The van der Waals surface area contributed by atoms with E-state index in [2.05, 4.69) is 31.6 Å². The summed E-state index contributed by atoms with van der Waals surface area (Å²) in [7, 11) is 0. The Hall–Kier alpha value is -4.41. The van der Waals surface area contributed by atoms with Gasteiger partial charge in [-0.05, 0) is 59.5 Å². The van der Waals surface area contributed by atoms with Crippen LogP contribution in [0.15, 0.2) is 66.9 Å². The average molecular weight is 602 g/mol. The zero-order valence-electron chi connectivity index (χ0n) is 23.6. The number of halogens is 1. The van der Waals surface area contributed by atoms with Gasteiger partial charge in [-0.1, -0.05) is 30.3 Å². The fourth-order valence-corrected chi connectivity index (χ4v) is 5.62. The van der Waals surface area contributed by atoms with Crippen LogP contribution in [-0.4, -0.2) is 50.0 Å². The number of piperazine rings is 1. The van der Waals surface area contributed by atoms with E-state index in [-0.39, 0.29) is 30.7 Å². The van der Waals surface area contributed by atoms with Crippen LogP contribution in [0.3, 0.4) is 0 Å². The molecule has 3 aromatic carbocycles. The highest BCUT2D eigenvalue weighted by Crippen LogP contribution is 2.34. The third-order valence-electron chi connectivity index (χ3n) is 7.27. The van der Waals surface area contributed by atoms with Crippen molar-refractivity contribution >= 4 is 39.9 Å². The van der Waals surface area contributed by atoms with E-state index in [4.69, 9.17) is 0 Å². The summed E-state index contributed by atoms with van der Waals surface area (Å²) in [6, 6.07) is 20.2. The van der Waals surface area contributed by atoms with Crippen LogP contribution >= 0.6 is 0 Å². The molecule has 1 saturated heterocycles. The molecule has 12 heteroatoms. The van der Waals surface area contributed by atoms with Crippen LogP contribution in [-0.2, 0) is 30.0 Å². The number of anilines is 5. The van der Waals surface area contributed by atoms with Gasteiger partial charge in [0, 0.05) is 43.2 Å². The molecule has 1 aromatic heterocycles. The smallest absolute Gasteiger partial charge is 0.229 e. The van der Waals surface area contributed by atoms with Gasteiger partial charge in [0.25, 0.3) is 0 Å². The average Bonchev–Trinajstić information content (AvgIpc) is 3.02. The van der Waals surface area contributed by atoms with Gasteiger partial charge in [-0.3, -0.25) is 0 Å². The van der Waals surface area contributed by atoms with Crippen molar-refractivity contribution in [3.63, 3.8) is 0 Å². The highest BCUT2D eigenvalue weighted by atomic mass is 32.2. The van der Waals surface area contributed by atoms with Crippen LogP contribution < -0.4 is 20.4 Å². The number of nitriles is 1. The van der Waals surface area contributed by atoms with E-state index < -0.39 is 16.9 Å². The normalized spacial score (nSPS) is 13.8. The molecular formula is C31H32FN7O3S. The van der Waals surface area contributed by atoms with E-state index >= 15 is 4.39 Å². The van der Waals surface area contributed by atoms with Crippen LogP contribution in [0.2, 0.25) is 0 Å². The summed E-state index contributed by atoms with van der Waals surface area (Å²) in [4.78, 5) is 12.6. The molecule has 0 bridgehead atoms. The molecule has 4 N–H and O–H groups in total. The van der Waals surface area contributed by atoms with E-state index in [1.165, 1.54) is 0 Å². The fraction of sp³-hybridized carbons (Fsp3) is 0.258. The van der Waals surface area contributed by atoms with E-state index in [1.807, 2.05) is 37.3 Å². The number of aliphatic hydroxyl groups excluding tert-OH is 1. The largest absolute Gasteiger partial charge is 0.392 e. The van der Waals surface area contributed by atoms with E-state index in [1.54, 1.807) is 35.2 Å². The van der Waals surface area contributed by atoms with Gasteiger partial charge in [0.15, 0.2) is 22.7 Å². The summed E-state index contributed by atoms with van der Waals surface area (Å²) in [5.41, 5.74) is 5.38. The molecule has 1 fully saturated rings. The molecule has 4 aromatic rings. The Bertz CT molecular complexity index is 1670. The fourth-order valence-electron chi connectivity index (χ4n) is 5.12. The molecule has 0 spiro atoms. The lowest BCUT2D eigenvalue weighted by Crippen LogP contribution is -2.43. The Morgan fingerprint density at radius 1 is 1.14 bits per heavy atom. The maximum atomic E-state index is 15.5. The minimum atomic E-state index is -2.05. The molecule has 43 heavy (non-hydrogen) atoms. The van der Waals surface area contributed by atoms with Gasteiger partial charge in [0.1, 0.15) is 0 Å². The Morgan fingerprint density at radius 3 is 2.67 bits per heavy atom. The third-order valence-corrected chi connectivity index (χ3v) is 7.82. The number of hydrogen-bond donors (Lipinski definition) is 4. The molecule has 2 heterocycles. The summed E-state index contributed by atoms with van der Waals surface area (Å²) in [5, 5.41) is 25.9. The number of nitrogens with one attached hydrogen (secondary N) is 2. The molecule has 1 unspecified atom stereocenters. The number of nitrogens with zero attached hydrogens (tertiary/aromatic N) is 5. The van der Waals surface area contributed by atoms with E-state index in [0.717, 1.165) is 43.6 Å². The Kier molecular flexibility index (Phi) is 9.58. The topological polar surface area (TPSA) is 138 Å². The first kappa shape index (κ1) is 30.1. The summed E-state index contributed by atoms with van der Waals surface area (Å²) >= 11 is -2.05. The first-order chi connectivity index (χ1) is 20.9. The molecule has 0 radical (unpaired) electrons. The monoisotopic (exact) mass is 601 g/mol. The van der Waals surface area contributed by atoms with Crippen molar-refractivity contribution in [3.8, 4) is 6.07 Å². The van der Waals surface area contributed by atoms with Crippen LogP contribution in [0, 0.1) is 24.1 Å². The quantitative estimate of drug-likeness (QED) is 0.192. The van der Waals surface area contributed by atoms with E-state index in [0.29, 0.717) is 33.6 Å². The highest BCUT2D eigenvalue weighted by molar-refractivity contribution is 7.78. The SMILES string of the molecule is Cc1ccc(CO)cc1N(Cc1ccccc1C#N)c1nc(Nc2ccc(N3CCNCC3)c(CS(=O)O)c2)ncc1F. The molecule has 0 amide bonds. The molecule has 5 rings (SSSR count). The minimum absolute atomic E-state index is 0.0162. The minimum Gasteiger partial charge on any atom is -0.392 e. The molecule has 10 nitrogen and oxygen atoms in total. The van der Waals surface area contributed by atoms with Crippen LogP contribution in [0.4, 0.5) is 33.2 Å². The summed E-state index contributed by atoms with van der Waals surface area (Å²) < 4.78 is 37.0. The van der Waals surface area contributed by atoms with Crippen LogP contribution in [0.25, 0.3) is 0 Å². The first-order valence-electron chi connectivity index (χ1n) is 13.8. The number of rotatable bonds is 10. The van der Waals surface area contributed by atoms with Gasteiger partial charge in [-0.15, -0.1) is 0 Å². The molecule has 1 aliphatic rings. The van der Waals surface area contributed by atoms with Crippen LogP contribution in [0.5, 0.6) is 0 Å². The van der Waals surface area contributed by atoms with Gasteiger partial charge in [-0.25, -0.2) is 13.6 Å². The van der Waals surface area contributed by atoms with Gasteiger partial charge in [-0.2, -0.15) is 10.2 Å². The second kappa shape index (κ2) is 13.7. The number of benzene rings is 3. The van der Waals surface area contributed by atoms with Gasteiger partial charge >= 0.3 is 0 Å². The van der Waals surface area contributed by atoms with Gasteiger partial charge in [0.05, 0.1) is 36.7 Å². The lowest BCUT2D eigenvalue weighted by Gasteiger charge is -2.31. The molecule has 1 atom stereocenters. The number of hydrogen-bond acceptors (Lipinski definition) is 9. The van der Waals surface area contributed by atoms with Crippen LogP contribution in [0.1, 0.15) is 27.8 Å². The van der Waals surface area contributed by atoms with Crippen molar-refractivity contribution in [1.29, 1.82) is 5.26 Å². The first-order valence-corrected chi connectivity index (χ1v) is 15.1. The number of aryl methyl sites for hydroxylation is 1. The van der Waals surface area contributed by atoms with Gasteiger partial charge in [0.2, 0.25) is 5.95 Å². The predicted molar refractivity (Wildman–Crippen MR) is 165 cm³/mol. The highest BCUT2D eigenvalue weighted by Gasteiger charge is 2.22. The molecule has 222 valence electrons. The second-order valence-corrected chi connectivity index (χ2v) is 11.1. The van der Waals surface area contributed by atoms with Crippen molar-refractivity contribution in [2.75, 3.05) is 41.3 Å². The zero-order chi connectivity index (χ0) is 30.3. The Balaban J connectivity index is 1.53.